The molecule has 1 amide bonds. The summed E-state index contributed by atoms with van der Waals surface area (Å²) in [4.78, 5) is 12.1. The zero-order valence-corrected chi connectivity index (χ0v) is 12.6. The van der Waals surface area contributed by atoms with Crippen LogP contribution in [0.2, 0.25) is 0 Å². The van der Waals surface area contributed by atoms with Crippen molar-refractivity contribution >= 4 is 5.91 Å². The van der Waals surface area contributed by atoms with E-state index in [2.05, 4.69) is 5.32 Å². The van der Waals surface area contributed by atoms with Crippen molar-refractivity contribution in [3.05, 3.63) is 23.8 Å². The zero-order valence-electron chi connectivity index (χ0n) is 12.6. The fraction of sp³-hybridized carbons (Fsp3) is 0.588. The van der Waals surface area contributed by atoms with Gasteiger partial charge in [0.1, 0.15) is 17.6 Å². The Labute approximate surface area is 130 Å². The first-order valence-electron chi connectivity index (χ1n) is 8.07. The third-order valence-electron chi connectivity index (χ3n) is 4.75. The monoisotopic (exact) mass is 305 g/mol. The standard InChI is InChI=1S/C17H23NO4/c19-13-7-8-14(15(20)10-13)11-3-5-12(6-4-11)18-17(21)16-2-1-9-22-16/h7-8,10-12,16,19-20H,1-6,9H2,(H,18,21). The molecule has 1 unspecified atom stereocenters. The lowest BCUT2D eigenvalue weighted by molar-refractivity contribution is -0.131. The molecule has 1 heterocycles. The quantitative estimate of drug-likeness (QED) is 0.801. The normalized spacial score (nSPS) is 28.5. The number of phenolic OH excluding ortho intramolecular Hbond substituents is 2. The number of carbonyl (C=O) groups is 1. The topological polar surface area (TPSA) is 78.8 Å². The van der Waals surface area contributed by atoms with Gasteiger partial charge in [-0.15, -0.1) is 0 Å². The molecule has 1 aliphatic heterocycles. The highest BCUT2D eigenvalue weighted by molar-refractivity contribution is 5.81. The molecule has 1 aromatic rings. The first kappa shape index (κ1) is 15.2. The first-order chi connectivity index (χ1) is 10.6. The van der Waals surface area contributed by atoms with E-state index in [-0.39, 0.29) is 35.5 Å². The molecule has 0 bridgehead atoms. The maximum atomic E-state index is 12.1. The van der Waals surface area contributed by atoms with Crippen LogP contribution in [0, 0.1) is 0 Å². The lowest BCUT2D eigenvalue weighted by Crippen LogP contribution is -2.42. The molecule has 120 valence electrons. The van der Waals surface area contributed by atoms with Gasteiger partial charge in [0.05, 0.1) is 0 Å². The van der Waals surface area contributed by atoms with Crippen LogP contribution in [0.1, 0.15) is 50.0 Å². The van der Waals surface area contributed by atoms with Crippen LogP contribution in [0.25, 0.3) is 0 Å². The third-order valence-corrected chi connectivity index (χ3v) is 4.75. The van der Waals surface area contributed by atoms with Crippen molar-refractivity contribution in [3.63, 3.8) is 0 Å². The summed E-state index contributed by atoms with van der Waals surface area (Å²) in [7, 11) is 0. The van der Waals surface area contributed by atoms with E-state index in [0.29, 0.717) is 6.61 Å². The molecule has 3 rings (SSSR count). The summed E-state index contributed by atoms with van der Waals surface area (Å²) >= 11 is 0. The van der Waals surface area contributed by atoms with Gasteiger partial charge in [-0.05, 0) is 56.1 Å². The Kier molecular flexibility index (Phi) is 4.52. The number of rotatable bonds is 3. The van der Waals surface area contributed by atoms with Crippen LogP contribution in [-0.4, -0.2) is 34.9 Å². The molecule has 2 fully saturated rings. The van der Waals surface area contributed by atoms with Crippen LogP contribution in [0.4, 0.5) is 0 Å². The van der Waals surface area contributed by atoms with Crippen molar-refractivity contribution in [1.29, 1.82) is 0 Å². The third kappa shape index (κ3) is 3.35. The summed E-state index contributed by atoms with van der Waals surface area (Å²) in [6, 6.07) is 4.99. The summed E-state index contributed by atoms with van der Waals surface area (Å²) in [6.07, 6.45) is 5.18. The SMILES string of the molecule is O=C(NC1CCC(c2ccc(O)cc2O)CC1)C1CCCO1. The number of phenols is 2. The Morgan fingerprint density at radius 2 is 1.91 bits per heavy atom. The van der Waals surface area contributed by atoms with E-state index in [9.17, 15) is 15.0 Å². The minimum atomic E-state index is -0.265. The average Bonchev–Trinajstić information content (AvgIpc) is 3.03. The van der Waals surface area contributed by atoms with Gasteiger partial charge < -0.3 is 20.3 Å². The van der Waals surface area contributed by atoms with E-state index < -0.39 is 0 Å². The van der Waals surface area contributed by atoms with Gasteiger partial charge >= 0.3 is 0 Å². The van der Waals surface area contributed by atoms with Crippen LogP contribution in [0.15, 0.2) is 18.2 Å². The maximum Gasteiger partial charge on any atom is 0.249 e. The summed E-state index contributed by atoms with van der Waals surface area (Å²) in [6.45, 7) is 0.685. The first-order valence-corrected chi connectivity index (χ1v) is 8.07. The molecule has 22 heavy (non-hydrogen) atoms. The number of carbonyl (C=O) groups excluding carboxylic acids is 1. The second kappa shape index (κ2) is 6.57. The van der Waals surface area contributed by atoms with E-state index >= 15 is 0 Å². The van der Waals surface area contributed by atoms with Gasteiger partial charge in [0.2, 0.25) is 5.91 Å². The summed E-state index contributed by atoms with van der Waals surface area (Å²) in [5, 5.41) is 22.4. The van der Waals surface area contributed by atoms with Gasteiger partial charge in [0.25, 0.3) is 0 Å². The maximum absolute atomic E-state index is 12.1. The van der Waals surface area contributed by atoms with Crippen LogP contribution in [0.5, 0.6) is 11.5 Å². The number of ether oxygens (including phenoxy) is 1. The van der Waals surface area contributed by atoms with Crippen LogP contribution >= 0.6 is 0 Å². The molecule has 0 radical (unpaired) electrons. The molecule has 1 aromatic carbocycles. The van der Waals surface area contributed by atoms with E-state index in [4.69, 9.17) is 4.74 Å². The predicted octanol–water partition coefficient (Wildman–Crippen LogP) is 2.42. The molecule has 0 aromatic heterocycles. The molecule has 1 aliphatic carbocycles. The number of benzene rings is 1. The Hall–Kier alpha value is -1.75. The minimum Gasteiger partial charge on any atom is -0.508 e. The molecule has 2 aliphatic rings. The molecular weight excluding hydrogens is 282 g/mol. The Morgan fingerprint density at radius 3 is 2.55 bits per heavy atom. The largest absolute Gasteiger partial charge is 0.508 e. The zero-order chi connectivity index (χ0) is 15.5. The van der Waals surface area contributed by atoms with E-state index in [1.807, 2.05) is 0 Å². The highest BCUT2D eigenvalue weighted by Crippen LogP contribution is 2.38. The highest BCUT2D eigenvalue weighted by atomic mass is 16.5. The van der Waals surface area contributed by atoms with Crippen molar-refractivity contribution in [1.82, 2.24) is 5.32 Å². The lowest BCUT2D eigenvalue weighted by Gasteiger charge is -2.30. The molecule has 3 N–H and O–H groups in total. The van der Waals surface area contributed by atoms with E-state index in [0.717, 1.165) is 44.1 Å². The highest BCUT2D eigenvalue weighted by Gasteiger charge is 2.29. The number of amides is 1. The molecule has 5 nitrogen and oxygen atoms in total. The van der Waals surface area contributed by atoms with Gasteiger partial charge in [-0.2, -0.15) is 0 Å². The molecule has 1 saturated heterocycles. The number of hydrogen-bond donors (Lipinski definition) is 3. The van der Waals surface area contributed by atoms with Gasteiger partial charge in [0.15, 0.2) is 0 Å². The van der Waals surface area contributed by atoms with E-state index in [1.165, 1.54) is 6.07 Å². The molecule has 5 heteroatoms. The van der Waals surface area contributed by atoms with Crippen LogP contribution in [-0.2, 0) is 9.53 Å². The molecule has 1 saturated carbocycles. The van der Waals surface area contributed by atoms with Crippen molar-refractivity contribution < 1.29 is 19.7 Å². The predicted molar refractivity (Wildman–Crippen MR) is 81.9 cm³/mol. The van der Waals surface area contributed by atoms with Crippen molar-refractivity contribution in [2.45, 2.75) is 56.6 Å². The minimum absolute atomic E-state index is 0.0217. The van der Waals surface area contributed by atoms with E-state index in [1.54, 1.807) is 12.1 Å². The molecule has 0 spiro atoms. The molecule has 1 atom stereocenters. The average molecular weight is 305 g/mol. The van der Waals surface area contributed by atoms with Crippen molar-refractivity contribution in [2.75, 3.05) is 6.61 Å². The fourth-order valence-corrected chi connectivity index (χ4v) is 3.50. The van der Waals surface area contributed by atoms with Gasteiger partial charge in [-0.3, -0.25) is 4.79 Å². The smallest absolute Gasteiger partial charge is 0.249 e. The molecular formula is C17H23NO4. The van der Waals surface area contributed by atoms with Crippen molar-refractivity contribution in [3.8, 4) is 11.5 Å². The van der Waals surface area contributed by atoms with Crippen molar-refractivity contribution in [2.24, 2.45) is 0 Å². The number of aromatic hydroxyl groups is 2. The Balaban J connectivity index is 1.52. The fourth-order valence-electron chi connectivity index (χ4n) is 3.50. The Morgan fingerprint density at radius 1 is 1.14 bits per heavy atom. The Bertz CT molecular complexity index is 531. The summed E-state index contributed by atoms with van der Waals surface area (Å²) in [5.41, 5.74) is 0.890. The van der Waals surface area contributed by atoms with Gasteiger partial charge in [0, 0.05) is 18.7 Å². The number of hydrogen-bond acceptors (Lipinski definition) is 4. The van der Waals surface area contributed by atoms with Gasteiger partial charge in [-0.25, -0.2) is 0 Å². The van der Waals surface area contributed by atoms with Gasteiger partial charge in [-0.1, -0.05) is 6.07 Å². The second-order valence-corrected chi connectivity index (χ2v) is 6.30. The van der Waals surface area contributed by atoms with Crippen LogP contribution in [0.3, 0.4) is 0 Å². The van der Waals surface area contributed by atoms with Crippen LogP contribution < -0.4 is 5.32 Å². The summed E-state index contributed by atoms with van der Waals surface area (Å²) < 4.78 is 5.40. The summed E-state index contributed by atoms with van der Waals surface area (Å²) in [5.74, 6) is 0.551. The number of nitrogens with one attached hydrogen (secondary N) is 1. The lowest BCUT2D eigenvalue weighted by atomic mass is 9.81. The second-order valence-electron chi connectivity index (χ2n) is 6.30.